The molecule has 2 aromatic rings. The van der Waals surface area contributed by atoms with Crippen molar-refractivity contribution < 1.29 is 4.79 Å². The second kappa shape index (κ2) is 7.51. The minimum Gasteiger partial charge on any atom is -0.376 e. The van der Waals surface area contributed by atoms with Crippen molar-refractivity contribution in [3.05, 3.63) is 65.2 Å². The van der Waals surface area contributed by atoms with Gasteiger partial charge in [0.25, 0.3) is 0 Å². The van der Waals surface area contributed by atoms with Crippen LogP contribution in [0.3, 0.4) is 0 Å². The van der Waals surface area contributed by atoms with Gasteiger partial charge in [-0.3, -0.25) is 4.79 Å². The highest BCUT2D eigenvalue weighted by Gasteiger charge is 2.26. The van der Waals surface area contributed by atoms with Crippen LogP contribution in [0.1, 0.15) is 37.3 Å². The van der Waals surface area contributed by atoms with Gasteiger partial charge in [-0.1, -0.05) is 48.4 Å². The smallest absolute Gasteiger partial charge is 0.220 e. The van der Waals surface area contributed by atoms with Gasteiger partial charge in [-0.15, -0.1) is 0 Å². The molecule has 2 aromatic carbocycles. The zero-order valence-corrected chi connectivity index (χ0v) is 13.7. The zero-order valence-electron chi connectivity index (χ0n) is 13.0. The number of amides is 1. The van der Waals surface area contributed by atoms with Gasteiger partial charge in [-0.05, 0) is 42.7 Å². The van der Waals surface area contributed by atoms with Gasteiger partial charge >= 0.3 is 0 Å². The van der Waals surface area contributed by atoms with E-state index in [1.807, 2.05) is 42.5 Å². The van der Waals surface area contributed by atoms with Crippen LogP contribution in [0.5, 0.6) is 0 Å². The summed E-state index contributed by atoms with van der Waals surface area (Å²) in [6, 6.07) is 18.1. The van der Waals surface area contributed by atoms with Gasteiger partial charge in [-0.2, -0.15) is 0 Å². The molecule has 3 rings (SSSR count). The molecular formula is C19H21ClN2O. The lowest BCUT2D eigenvalue weighted by Crippen LogP contribution is -2.40. The van der Waals surface area contributed by atoms with Crippen molar-refractivity contribution >= 4 is 23.2 Å². The van der Waals surface area contributed by atoms with E-state index in [9.17, 15) is 4.79 Å². The number of rotatable bonds is 4. The molecule has 0 aromatic heterocycles. The molecule has 1 aliphatic rings. The monoisotopic (exact) mass is 328 g/mol. The first-order valence-corrected chi connectivity index (χ1v) is 8.46. The summed E-state index contributed by atoms with van der Waals surface area (Å²) in [5.41, 5.74) is 2.18. The van der Waals surface area contributed by atoms with Crippen molar-refractivity contribution in [1.29, 1.82) is 0 Å². The van der Waals surface area contributed by atoms with Crippen LogP contribution in [0.4, 0.5) is 5.69 Å². The van der Waals surface area contributed by atoms with E-state index < -0.39 is 0 Å². The number of hydrogen-bond acceptors (Lipinski definition) is 2. The molecular weight excluding hydrogens is 308 g/mol. The number of nitrogens with one attached hydrogen (secondary N) is 2. The first-order valence-electron chi connectivity index (χ1n) is 8.09. The lowest BCUT2D eigenvalue weighted by atomic mass is 9.95. The number of hydrogen-bond donors (Lipinski definition) is 2. The first-order chi connectivity index (χ1) is 11.2. The molecule has 0 spiro atoms. The summed E-state index contributed by atoms with van der Waals surface area (Å²) < 4.78 is 0. The second-order valence-electron chi connectivity index (χ2n) is 5.96. The molecule has 1 aliphatic heterocycles. The van der Waals surface area contributed by atoms with E-state index in [1.165, 1.54) is 5.56 Å². The fraction of sp³-hybridized carbons (Fsp3) is 0.316. The van der Waals surface area contributed by atoms with Crippen molar-refractivity contribution in [2.45, 2.75) is 37.8 Å². The molecule has 1 saturated heterocycles. The van der Waals surface area contributed by atoms with E-state index >= 15 is 0 Å². The minimum atomic E-state index is 0.0411. The fourth-order valence-corrected chi connectivity index (χ4v) is 3.18. The summed E-state index contributed by atoms with van der Waals surface area (Å²) in [7, 11) is 0. The summed E-state index contributed by atoms with van der Waals surface area (Å²) in [5.74, 6) is 0.145. The van der Waals surface area contributed by atoms with Crippen molar-refractivity contribution in [2.24, 2.45) is 0 Å². The van der Waals surface area contributed by atoms with E-state index in [0.717, 1.165) is 30.0 Å². The SMILES string of the molecule is O=C1CCCC[C@@H]([C@@H](Nc2ccc(Cl)cc2)c2ccccc2)N1. The predicted molar refractivity (Wildman–Crippen MR) is 94.7 cm³/mol. The predicted octanol–water partition coefficient (Wildman–Crippen LogP) is 4.55. The van der Waals surface area contributed by atoms with Crippen LogP contribution >= 0.6 is 11.6 Å². The lowest BCUT2D eigenvalue weighted by molar-refractivity contribution is -0.121. The average molecular weight is 329 g/mol. The summed E-state index contributed by atoms with van der Waals surface area (Å²) in [5, 5.41) is 7.47. The molecule has 120 valence electrons. The Balaban J connectivity index is 1.86. The summed E-state index contributed by atoms with van der Waals surface area (Å²) in [6.07, 6.45) is 3.63. The highest BCUT2D eigenvalue weighted by Crippen LogP contribution is 2.27. The third-order valence-electron chi connectivity index (χ3n) is 4.24. The standard InChI is InChI=1S/C19H21ClN2O/c20-15-10-12-16(13-11-15)21-19(14-6-2-1-3-7-14)17-8-4-5-9-18(23)22-17/h1-3,6-7,10-13,17,19,21H,4-5,8-9H2,(H,22,23)/t17-,19-/m0/s1. The number of carbonyl (C=O) groups is 1. The maximum atomic E-state index is 12.0. The summed E-state index contributed by atoms with van der Waals surface area (Å²) in [6.45, 7) is 0. The van der Waals surface area contributed by atoms with Gasteiger partial charge in [0, 0.05) is 17.1 Å². The zero-order chi connectivity index (χ0) is 16.1. The van der Waals surface area contributed by atoms with E-state index in [1.54, 1.807) is 0 Å². The topological polar surface area (TPSA) is 41.1 Å². The van der Waals surface area contributed by atoms with Gasteiger partial charge in [0.2, 0.25) is 5.91 Å². The van der Waals surface area contributed by atoms with E-state index in [2.05, 4.69) is 22.8 Å². The number of anilines is 1. The first kappa shape index (κ1) is 15.9. The van der Waals surface area contributed by atoms with Crippen molar-refractivity contribution in [3.8, 4) is 0 Å². The molecule has 0 saturated carbocycles. The Hall–Kier alpha value is -2.00. The summed E-state index contributed by atoms with van der Waals surface area (Å²) in [4.78, 5) is 12.0. The Bertz CT molecular complexity index is 642. The molecule has 0 radical (unpaired) electrons. The molecule has 0 aliphatic carbocycles. The van der Waals surface area contributed by atoms with Crippen LogP contribution in [-0.2, 0) is 4.79 Å². The van der Waals surface area contributed by atoms with Crippen LogP contribution in [0.15, 0.2) is 54.6 Å². The average Bonchev–Trinajstić information content (AvgIpc) is 2.79. The molecule has 3 nitrogen and oxygen atoms in total. The Morgan fingerprint density at radius 3 is 2.52 bits per heavy atom. The van der Waals surface area contributed by atoms with E-state index in [4.69, 9.17) is 11.6 Å². The Labute approximate surface area is 142 Å². The third-order valence-corrected chi connectivity index (χ3v) is 4.49. The number of carbonyl (C=O) groups excluding carboxylic acids is 1. The quantitative estimate of drug-likeness (QED) is 0.864. The van der Waals surface area contributed by atoms with Gasteiger partial charge < -0.3 is 10.6 Å². The van der Waals surface area contributed by atoms with E-state index in [-0.39, 0.29) is 18.0 Å². The van der Waals surface area contributed by atoms with Crippen molar-refractivity contribution in [2.75, 3.05) is 5.32 Å². The summed E-state index contributed by atoms with van der Waals surface area (Å²) >= 11 is 5.97. The largest absolute Gasteiger partial charge is 0.376 e. The molecule has 1 fully saturated rings. The minimum absolute atomic E-state index is 0.0411. The van der Waals surface area contributed by atoms with Gasteiger partial charge in [0.1, 0.15) is 0 Å². The number of halogens is 1. The maximum Gasteiger partial charge on any atom is 0.220 e. The van der Waals surface area contributed by atoms with Crippen LogP contribution in [-0.4, -0.2) is 11.9 Å². The Morgan fingerprint density at radius 2 is 1.78 bits per heavy atom. The van der Waals surface area contributed by atoms with Crippen LogP contribution in [0.2, 0.25) is 5.02 Å². The molecule has 1 heterocycles. The molecule has 0 unspecified atom stereocenters. The van der Waals surface area contributed by atoms with Crippen LogP contribution < -0.4 is 10.6 Å². The van der Waals surface area contributed by atoms with Gasteiger partial charge in [0.05, 0.1) is 12.1 Å². The highest BCUT2D eigenvalue weighted by molar-refractivity contribution is 6.30. The third kappa shape index (κ3) is 4.26. The number of benzene rings is 2. The Kier molecular flexibility index (Phi) is 5.19. The molecule has 4 heteroatoms. The van der Waals surface area contributed by atoms with Crippen LogP contribution in [0, 0.1) is 0 Å². The second-order valence-corrected chi connectivity index (χ2v) is 6.40. The molecule has 2 N–H and O–H groups in total. The lowest BCUT2D eigenvalue weighted by Gasteiger charge is -2.29. The maximum absolute atomic E-state index is 12.0. The molecule has 0 bridgehead atoms. The van der Waals surface area contributed by atoms with Gasteiger partial charge in [0.15, 0.2) is 0 Å². The van der Waals surface area contributed by atoms with Crippen molar-refractivity contribution in [1.82, 2.24) is 5.32 Å². The normalized spacial score (nSPS) is 19.5. The highest BCUT2D eigenvalue weighted by atomic mass is 35.5. The van der Waals surface area contributed by atoms with E-state index in [0.29, 0.717) is 6.42 Å². The van der Waals surface area contributed by atoms with Crippen molar-refractivity contribution in [3.63, 3.8) is 0 Å². The fourth-order valence-electron chi connectivity index (χ4n) is 3.05. The molecule has 2 atom stereocenters. The Morgan fingerprint density at radius 1 is 1.04 bits per heavy atom. The van der Waals surface area contributed by atoms with Gasteiger partial charge in [-0.25, -0.2) is 0 Å². The molecule has 23 heavy (non-hydrogen) atoms. The van der Waals surface area contributed by atoms with Crippen LogP contribution in [0.25, 0.3) is 0 Å². The molecule has 1 amide bonds.